The highest BCUT2D eigenvalue weighted by atomic mass is 32.2. The van der Waals surface area contributed by atoms with Crippen molar-refractivity contribution in [2.45, 2.75) is 0 Å². The molecule has 24 heavy (non-hydrogen) atoms. The monoisotopic (exact) mass is 338 g/mol. The van der Waals surface area contributed by atoms with Crippen molar-refractivity contribution < 1.29 is 4.79 Å². The molecule has 0 unspecified atom stereocenters. The lowest BCUT2D eigenvalue weighted by molar-refractivity contribution is -0.115. The van der Waals surface area contributed by atoms with Gasteiger partial charge in [0.2, 0.25) is 5.91 Å². The summed E-state index contributed by atoms with van der Waals surface area (Å²) in [4.78, 5) is 15.7. The summed E-state index contributed by atoms with van der Waals surface area (Å²) in [5.41, 5.74) is 2.91. The largest absolute Gasteiger partial charge is 0.378 e. The number of hydrogen-bond acceptors (Lipinski definition) is 5. The molecule has 1 heterocycles. The van der Waals surface area contributed by atoms with Gasteiger partial charge in [-0.25, -0.2) is 0 Å². The molecule has 1 amide bonds. The van der Waals surface area contributed by atoms with Gasteiger partial charge in [0.15, 0.2) is 5.17 Å². The van der Waals surface area contributed by atoms with Crippen LogP contribution in [0.1, 0.15) is 5.56 Å². The van der Waals surface area contributed by atoms with E-state index < -0.39 is 0 Å². The molecule has 122 valence electrons. The van der Waals surface area contributed by atoms with Gasteiger partial charge < -0.3 is 4.90 Å². The van der Waals surface area contributed by atoms with Crippen molar-refractivity contribution in [2.24, 2.45) is 10.2 Å². The molecule has 2 aromatic rings. The van der Waals surface area contributed by atoms with Gasteiger partial charge in [0.05, 0.1) is 17.7 Å². The lowest BCUT2D eigenvalue weighted by Crippen LogP contribution is -2.28. The molecule has 2 aromatic carbocycles. The second-order valence-corrected chi connectivity index (χ2v) is 6.41. The Labute approximate surface area is 145 Å². The molecule has 0 bridgehead atoms. The third-order valence-corrected chi connectivity index (χ3v) is 4.45. The van der Waals surface area contributed by atoms with Crippen molar-refractivity contribution in [3.63, 3.8) is 0 Å². The SMILES string of the molecule is CN(C)c1ccc(C=NN=C2SCC(=O)N2c2ccccc2)cc1. The standard InChI is InChI=1S/C18H18N4OS/c1-21(2)15-10-8-14(9-11-15)12-19-20-18-22(17(23)13-24-18)16-6-4-3-5-7-16/h3-12H,13H2,1-2H3. The third kappa shape index (κ3) is 3.65. The molecule has 0 atom stereocenters. The number of benzene rings is 2. The quantitative estimate of drug-likeness (QED) is 0.635. The molecular formula is C18H18N4OS. The Balaban J connectivity index is 1.76. The highest BCUT2D eigenvalue weighted by Gasteiger charge is 2.29. The van der Waals surface area contributed by atoms with Gasteiger partial charge in [0, 0.05) is 19.8 Å². The Morgan fingerprint density at radius 1 is 1.08 bits per heavy atom. The van der Waals surface area contributed by atoms with Crippen LogP contribution in [-0.2, 0) is 4.79 Å². The predicted molar refractivity (Wildman–Crippen MR) is 102 cm³/mol. The Bertz CT molecular complexity index is 769. The van der Waals surface area contributed by atoms with Gasteiger partial charge in [-0.15, -0.1) is 5.10 Å². The van der Waals surface area contributed by atoms with E-state index >= 15 is 0 Å². The highest BCUT2D eigenvalue weighted by Crippen LogP contribution is 2.26. The van der Waals surface area contributed by atoms with Crippen LogP contribution < -0.4 is 9.80 Å². The van der Waals surface area contributed by atoms with Gasteiger partial charge in [0.1, 0.15) is 0 Å². The fourth-order valence-electron chi connectivity index (χ4n) is 2.27. The number of thioether (sulfide) groups is 1. The molecule has 0 saturated carbocycles. The first kappa shape index (κ1) is 16.3. The summed E-state index contributed by atoms with van der Waals surface area (Å²) in [5, 5.41) is 8.97. The molecule has 0 N–H and O–H groups in total. The Morgan fingerprint density at radius 3 is 2.46 bits per heavy atom. The average Bonchev–Trinajstić information content (AvgIpc) is 2.97. The molecule has 0 spiro atoms. The average molecular weight is 338 g/mol. The molecular weight excluding hydrogens is 320 g/mol. The van der Waals surface area contributed by atoms with Crippen molar-refractivity contribution in [3.05, 3.63) is 60.2 Å². The normalized spacial score (nSPS) is 16.3. The molecule has 0 aromatic heterocycles. The highest BCUT2D eigenvalue weighted by molar-refractivity contribution is 8.15. The fraction of sp³-hybridized carbons (Fsp3) is 0.167. The second-order valence-electron chi connectivity index (χ2n) is 5.47. The van der Waals surface area contributed by atoms with E-state index in [-0.39, 0.29) is 5.91 Å². The van der Waals surface area contributed by atoms with E-state index in [9.17, 15) is 4.79 Å². The van der Waals surface area contributed by atoms with Gasteiger partial charge in [-0.1, -0.05) is 42.1 Å². The number of carbonyl (C=O) groups is 1. The fourth-order valence-corrected chi connectivity index (χ4v) is 3.09. The molecule has 0 radical (unpaired) electrons. The van der Waals surface area contributed by atoms with E-state index in [1.807, 2.05) is 73.6 Å². The number of amidine groups is 1. The topological polar surface area (TPSA) is 48.3 Å². The van der Waals surface area contributed by atoms with Crippen LogP contribution in [0.3, 0.4) is 0 Å². The Hall–Kier alpha value is -2.60. The third-order valence-electron chi connectivity index (χ3n) is 3.54. The summed E-state index contributed by atoms with van der Waals surface area (Å²) >= 11 is 1.40. The van der Waals surface area contributed by atoms with E-state index in [1.165, 1.54) is 11.8 Å². The van der Waals surface area contributed by atoms with Crippen LogP contribution in [0.15, 0.2) is 64.8 Å². The van der Waals surface area contributed by atoms with Crippen LogP contribution >= 0.6 is 11.8 Å². The second kappa shape index (κ2) is 7.31. The van der Waals surface area contributed by atoms with Gasteiger partial charge in [-0.3, -0.25) is 9.69 Å². The minimum absolute atomic E-state index is 0.0236. The Morgan fingerprint density at radius 2 is 1.79 bits per heavy atom. The molecule has 1 aliphatic heterocycles. The summed E-state index contributed by atoms with van der Waals surface area (Å²) in [6.07, 6.45) is 1.69. The van der Waals surface area contributed by atoms with Crippen molar-refractivity contribution in [1.82, 2.24) is 0 Å². The lowest BCUT2D eigenvalue weighted by Gasteiger charge is -2.14. The summed E-state index contributed by atoms with van der Waals surface area (Å²) in [7, 11) is 4.00. The first-order valence-electron chi connectivity index (χ1n) is 7.54. The minimum atomic E-state index is 0.0236. The van der Waals surface area contributed by atoms with Gasteiger partial charge >= 0.3 is 0 Å². The maximum atomic E-state index is 12.1. The van der Waals surface area contributed by atoms with Crippen LogP contribution in [0.5, 0.6) is 0 Å². The van der Waals surface area contributed by atoms with E-state index in [0.29, 0.717) is 10.9 Å². The van der Waals surface area contributed by atoms with Gasteiger partial charge in [0.25, 0.3) is 0 Å². The summed E-state index contributed by atoms with van der Waals surface area (Å²) < 4.78 is 0. The summed E-state index contributed by atoms with van der Waals surface area (Å²) in [5.74, 6) is 0.413. The minimum Gasteiger partial charge on any atom is -0.378 e. The van der Waals surface area contributed by atoms with E-state index in [2.05, 4.69) is 10.2 Å². The van der Waals surface area contributed by atoms with Crippen molar-refractivity contribution in [3.8, 4) is 0 Å². The number of nitrogens with zero attached hydrogens (tertiary/aromatic N) is 4. The number of para-hydroxylation sites is 1. The van der Waals surface area contributed by atoms with E-state index in [4.69, 9.17) is 0 Å². The van der Waals surface area contributed by atoms with Crippen molar-refractivity contribution >= 4 is 40.4 Å². The molecule has 1 aliphatic rings. The van der Waals surface area contributed by atoms with Gasteiger partial charge in [-0.05, 0) is 29.8 Å². The van der Waals surface area contributed by atoms with Crippen LogP contribution in [0.4, 0.5) is 11.4 Å². The number of hydrogen-bond donors (Lipinski definition) is 0. The number of anilines is 2. The molecule has 0 aliphatic carbocycles. The number of carbonyl (C=O) groups excluding carboxylic acids is 1. The van der Waals surface area contributed by atoms with Gasteiger partial charge in [-0.2, -0.15) is 5.10 Å². The number of rotatable bonds is 4. The molecule has 1 fully saturated rings. The molecule has 3 rings (SSSR count). The van der Waals surface area contributed by atoms with E-state index in [1.54, 1.807) is 11.1 Å². The van der Waals surface area contributed by atoms with Crippen LogP contribution in [0.25, 0.3) is 0 Å². The molecule has 5 nitrogen and oxygen atoms in total. The zero-order valence-corrected chi connectivity index (χ0v) is 14.4. The Kier molecular flexibility index (Phi) is 4.96. The predicted octanol–water partition coefficient (Wildman–Crippen LogP) is 3.22. The number of amides is 1. The maximum absolute atomic E-state index is 12.1. The lowest BCUT2D eigenvalue weighted by atomic mass is 10.2. The van der Waals surface area contributed by atoms with Crippen LogP contribution in [0, 0.1) is 0 Å². The summed E-state index contributed by atoms with van der Waals surface area (Å²) in [6.45, 7) is 0. The zero-order valence-electron chi connectivity index (χ0n) is 13.6. The van der Waals surface area contributed by atoms with Crippen LogP contribution in [0.2, 0.25) is 0 Å². The summed E-state index contributed by atoms with van der Waals surface area (Å²) in [6, 6.07) is 17.5. The molecule has 6 heteroatoms. The van der Waals surface area contributed by atoms with E-state index in [0.717, 1.165) is 16.9 Å². The maximum Gasteiger partial charge on any atom is 0.243 e. The first-order chi connectivity index (χ1) is 11.6. The smallest absolute Gasteiger partial charge is 0.243 e. The molecule has 1 saturated heterocycles. The van der Waals surface area contributed by atoms with Crippen molar-refractivity contribution in [1.29, 1.82) is 0 Å². The zero-order chi connectivity index (χ0) is 16.9. The first-order valence-corrected chi connectivity index (χ1v) is 8.53. The van der Waals surface area contributed by atoms with Crippen molar-refractivity contribution in [2.75, 3.05) is 29.6 Å². The van der Waals surface area contributed by atoms with Crippen LogP contribution in [-0.4, -0.2) is 37.1 Å².